The molecule has 1 heterocycles. The lowest BCUT2D eigenvalue weighted by molar-refractivity contribution is -0.183. The van der Waals surface area contributed by atoms with Crippen molar-refractivity contribution in [3.63, 3.8) is 0 Å². The third-order valence-corrected chi connectivity index (χ3v) is 5.99. The third-order valence-electron chi connectivity index (χ3n) is 5.99. The van der Waals surface area contributed by atoms with E-state index in [1.807, 2.05) is 0 Å². The number of rotatable bonds is 2. The molecule has 1 aliphatic heterocycles. The molecule has 0 saturated heterocycles. The van der Waals surface area contributed by atoms with E-state index in [4.69, 9.17) is 9.47 Å². The molecule has 0 atom stereocenters. The molecule has 0 aromatic heterocycles. The van der Waals surface area contributed by atoms with Crippen molar-refractivity contribution in [1.29, 1.82) is 0 Å². The van der Waals surface area contributed by atoms with Gasteiger partial charge in [-0.05, 0) is 50.3 Å². The lowest BCUT2D eigenvalue weighted by atomic mass is 9.72. The van der Waals surface area contributed by atoms with Crippen molar-refractivity contribution in [3.8, 4) is 11.5 Å². The molecular weight excluding hydrogens is 272 g/mol. The Kier molecular flexibility index (Phi) is 3.79. The molecule has 2 aliphatic carbocycles. The van der Waals surface area contributed by atoms with Crippen LogP contribution in [0.25, 0.3) is 0 Å². The first kappa shape index (κ1) is 14.4. The maximum absolute atomic E-state index is 6.63. The molecule has 2 heteroatoms. The quantitative estimate of drug-likeness (QED) is 0.705. The van der Waals surface area contributed by atoms with Gasteiger partial charge >= 0.3 is 0 Å². The Morgan fingerprint density at radius 2 is 1.32 bits per heavy atom. The molecule has 0 unspecified atom stereocenters. The molecule has 4 rings (SSSR count). The van der Waals surface area contributed by atoms with E-state index in [9.17, 15) is 0 Å². The summed E-state index contributed by atoms with van der Waals surface area (Å²) in [6.07, 6.45) is 13.2. The predicted molar refractivity (Wildman–Crippen MR) is 88.3 cm³/mol. The Morgan fingerprint density at radius 3 is 1.91 bits per heavy atom. The van der Waals surface area contributed by atoms with Gasteiger partial charge < -0.3 is 9.47 Å². The fourth-order valence-corrected chi connectivity index (χ4v) is 4.82. The van der Waals surface area contributed by atoms with Crippen LogP contribution in [0.1, 0.15) is 69.8 Å². The first-order chi connectivity index (χ1) is 10.8. The van der Waals surface area contributed by atoms with E-state index in [-0.39, 0.29) is 5.79 Å². The number of benzene rings is 1. The van der Waals surface area contributed by atoms with Crippen molar-refractivity contribution in [2.24, 2.45) is 11.8 Å². The summed E-state index contributed by atoms with van der Waals surface area (Å²) in [7, 11) is 0. The molecular formula is C20H28O2. The summed E-state index contributed by atoms with van der Waals surface area (Å²) in [6, 6.07) is 6.40. The highest BCUT2D eigenvalue weighted by Crippen LogP contribution is 2.52. The van der Waals surface area contributed by atoms with Crippen LogP contribution in [0.4, 0.5) is 0 Å². The van der Waals surface area contributed by atoms with Gasteiger partial charge in [0.15, 0.2) is 11.5 Å². The summed E-state index contributed by atoms with van der Waals surface area (Å²) in [5, 5.41) is 0. The van der Waals surface area contributed by atoms with Gasteiger partial charge in [-0.2, -0.15) is 0 Å². The smallest absolute Gasteiger partial charge is 0.257 e. The SMILES string of the molecule is Cc1ccc2c(c1)OC(C1CCCCC1)(C1CCCCC1)O2. The monoisotopic (exact) mass is 300 g/mol. The van der Waals surface area contributed by atoms with Crippen LogP contribution >= 0.6 is 0 Å². The molecule has 2 fully saturated rings. The molecule has 0 N–H and O–H groups in total. The van der Waals surface area contributed by atoms with Crippen molar-refractivity contribution in [3.05, 3.63) is 23.8 Å². The predicted octanol–water partition coefficient (Wildman–Crippen LogP) is 5.62. The van der Waals surface area contributed by atoms with Crippen LogP contribution < -0.4 is 9.47 Å². The molecule has 3 aliphatic rings. The zero-order valence-corrected chi connectivity index (χ0v) is 13.8. The molecule has 0 bridgehead atoms. The maximum Gasteiger partial charge on any atom is 0.257 e. The topological polar surface area (TPSA) is 18.5 Å². The minimum atomic E-state index is -0.364. The van der Waals surface area contributed by atoms with Gasteiger partial charge in [0.25, 0.3) is 5.79 Å². The highest BCUT2D eigenvalue weighted by molar-refractivity contribution is 5.46. The van der Waals surface area contributed by atoms with Gasteiger partial charge in [0.05, 0.1) is 0 Å². The minimum absolute atomic E-state index is 0.364. The van der Waals surface area contributed by atoms with E-state index in [1.165, 1.54) is 69.8 Å². The zero-order valence-electron chi connectivity index (χ0n) is 13.8. The van der Waals surface area contributed by atoms with Crippen molar-refractivity contribution in [2.45, 2.75) is 76.9 Å². The second-order valence-corrected chi connectivity index (χ2v) is 7.55. The number of ether oxygens (including phenoxy) is 2. The highest BCUT2D eigenvalue weighted by Gasteiger charge is 2.53. The zero-order chi connectivity index (χ0) is 15.0. The molecule has 0 radical (unpaired) electrons. The number of fused-ring (bicyclic) bond motifs is 1. The lowest BCUT2D eigenvalue weighted by Gasteiger charge is -2.44. The normalized spacial score (nSPS) is 25.3. The van der Waals surface area contributed by atoms with Gasteiger partial charge in [-0.3, -0.25) is 0 Å². The number of hydrogen-bond acceptors (Lipinski definition) is 2. The van der Waals surface area contributed by atoms with Crippen LogP contribution in [0.15, 0.2) is 18.2 Å². The van der Waals surface area contributed by atoms with Gasteiger partial charge in [0, 0.05) is 11.8 Å². The van der Waals surface area contributed by atoms with E-state index < -0.39 is 0 Å². The highest BCUT2D eigenvalue weighted by atomic mass is 16.7. The van der Waals surface area contributed by atoms with Crippen LogP contribution in [0.5, 0.6) is 11.5 Å². The van der Waals surface area contributed by atoms with Gasteiger partial charge in [-0.25, -0.2) is 0 Å². The Hall–Kier alpha value is -1.18. The largest absolute Gasteiger partial charge is 0.448 e. The minimum Gasteiger partial charge on any atom is -0.448 e. The molecule has 1 aromatic rings. The lowest BCUT2D eigenvalue weighted by Crippen LogP contribution is -2.53. The van der Waals surface area contributed by atoms with Crippen LogP contribution in [0, 0.1) is 18.8 Å². The standard InChI is InChI=1S/C20H28O2/c1-15-12-13-18-19(14-15)22-20(21-18,16-8-4-2-5-9-16)17-10-6-3-7-11-17/h12-14,16-17H,2-11H2,1H3. The second-order valence-electron chi connectivity index (χ2n) is 7.55. The summed E-state index contributed by atoms with van der Waals surface area (Å²) in [5.74, 6) is 2.73. The maximum atomic E-state index is 6.63. The summed E-state index contributed by atoms with van der Waals surface area (Å²) in [6.45, 7) is 2.13. The molecule has 120 valence electrons. The molecule has 2 nitrogen and oxygen atoms in total. The van der Waals surface area contributed by atoms with Gasteiger partial charge in [0.2, 0.25) is 0 Å². The Balaban J connectivity index is 1.67. The van der Waals surface area contributed by atoms with Crippen molar-refractivity contribution >= 4 is 0 Å². The van der Waals surface area contributed by atoms with Crippen LogP contribution in [0.2, 0.25) is 0 Å². The number of aryl methyl sites for hydroxylation is 1. The van der Waals surface area contributed by atoms with E-state index in [0.717, 1.165) is 11.5 Å². The fourth-order valence-electron chi connectivity index (χ4n) is 4.82. The van der Waals surface area contributed by atoms with Crippen molar-refractivity contribution in [1.82, 2.24) is 0 Å². The molecule has 0 spiro atoms. The number of hydrogen-bond donors (Lipinski definition) is 0. The Bertz CT molecular complexity index is 507. The molecule has 2 saturated carbocycles. The first-order valence-electron chi connectivity index (χ1n) is 9.26. The first-order valence-corrected chi connectivity index (χ1v) is 9.26. The van der Waals surface area contributed by atoms with Gasteiger partial charge in [-0.15, -0.1) is 0 Å². The average molecular weight is 300 g/mol. The van der Waals surface area contributed by atoms with E-state index in [1.54, 1.807) is 0 Å². The van der Waals surface area contributed by atoms with E-state index in [2.05, 4.69) is 25.1 Å². The van der Waals surface area contributed by atoms with Crippen LogP contribution in [-0.4, -0.2) is 5.79 Å². The van der Waals surface area contributed by atoms with Crippen molar-refractivity contribution in [2.75, 3.05) is 0 Å². The summed E-state index contributed by atoms with van der Waals surface area (Å²) in [5.41, 5.74) is 1.26. The van der Waals surface area contributed by atoms with E-state index in [0.29, 0.717) is 11.8 Å². The van der Waals surface area contributed by atoms with Crippen LogP contribution in [-0.2, 0) is 0 Å². The van der Waals surface area contributed by atoms with Gasteiger partial charge in [-0.1, -0.05) is 44.6 Å². The van der Waals surface area contributed by atoms with E-state index >= 15 is 0 Å². The summed E-state index contributed by atoms with van der Waals surface area (Å²) < 4.78 is 13.2. The second kappa shape index (κ2) is 5.79. The fraction of sp³-hybridized carbons (Fsp3) is 0.700. The molecule has 0 amide bonds. The summed E-state index contributed by atoms with van der Waals surface area (Å²) >= 11 is 0. The average Bonchev–Trinajstić information content (AvgIpc) is 2.96. The van der Waals surface area contributed by atoms with Crippen molar-refractivity contribution < 1.29 is 9.47 Å². The molecule has 22 heavy (non-hydrogen) atoms. The molecule has 1 aromatic carbocycles. The van der Waals surface area contributed by atoms with Crippen LogP contribution in [0.3, 0.4) is 0 Å². The summed E-state index contributed by atoms with van der Waals surface area (Å²) in [4.78, 5) is 0. The third kappa shape index (κ3) is 2.41. The van der Waals surface area contributed by atoms with Gasteiger partial charge in [0.1, 0.15) is 0 Å². The Labute approximate surface area is 134 Å². The Morgan fingerprint density at radius 1 is 0.773 bits per heavy atom.